The van der Waals surface area contributed by atoms with E-state index in [0.29, 0.717) is 0 Å². The van der Waals surface area contributed by atoms with Gasteiger partial charge in [-0.2, -0.15) is 4.31 Å². The second kappa shape index (κ2) is 7.08. The quantitative estimate of drug-likeness (QED) is 0.816. The van der Waals surface area contributed by atoms with Crippen LogP contribution in [0.1, 0.15) is 10.4 Å². The van der Waals surface area contributed by atoms with Crippen molar-refractivity contribution in [2.75, 3.05) is 26.2 Å². The summed E-state index contributed by atoms with van der Waals surface area (Å²) in [6.45, 7) is -0.163. The maximum Gasteiger partial charge on any atom is 0.259 e. The number of nitrogens with zero attached hydrogens (tertiary/aromatic N) is 2. The van der Waals surface area contributed by atoms with Crippen molar-refractivity contribution in [3.8, 4) is 0 Å². The smallest absolute Gasteiger partial charge is 0.259 e. The molecule has 0 atom stereocenters. The third-order valence-electron chi connectivity index (χ3n) is 4.14. The van der Waals surface area contributed by atoms with Crippen molar-refractivity contribution in [1.29, 1.82) is 0 Å². The highest BCUT2D eigenvalue weighted by molar-refractivity contribution is 7.89. The zero-order valence-corrected chi connectivity index (χ0v) is 14.3. The van der Waals surface area contributed by atoms with Crippen molar-refractivity contribution in [1.82, 2.24) is 9.21 Å². The number of halogens is 3. The molecule has 3 rings (SSSR count). The summed E-state index contributed by atoms with van der Waals surface area (Å²) in [4.78, 5) is 13.4. The number of hydrogen-bond acceptors (Lipinski definition) is 3. The molecular weight excluding hydrogens is 369 g/mol. The van der Waals surface area contributed by atoms with Crippen molar-refractivity contribution in [2.45, 2.75) is 4.90 Å². The van der Waals surface area contributed by atoms with Gasteiger partial charge in [-0.05, 0) is 30.3 Å². The average Bonchev–Trinajstić information content (AvgIpc) is 2.61. The number of piperazine rings is 1. The molecule has 0 saturated carbocycles. The summed E-state index contributed by atoms with van der Waals surface area (Å²) >= 11 is 0. The lowest BCUT2D eigenvalue weighted by molar-refractivity contribution is 0.0688. The van der Waals surface area contributed by atoms with Gasteiger partial charge in [0.15, 0.2) is 0 Å². The Morgan fingerprint density at radius 3 is 2.04 bits per heavy atom. The monoisotopic (exact) mass is 384 g/mol. The Balaban J connectivity index is 1.74. The summed E-state index contributed by atoms with van der Waals surface area (Å²) in [5, 5.41) is 0. The van der Waals surface area contributed by atoms with Crippen molar-refractivity contribution in [2.24, 2.45) is 0 Å². The minimum atomic E-state index is -3.91. The minimum Gasteiger partial charge on any atom is -0.336 e. The minimum absolute atomic E-state index is 0.0266. The standard InChI is InChI=1S/C17H15F3N2O3S/c18-12-3-1-4-13(11-12)26(24,25)22-9-7-21(8-10-22)17(23)16-14(19)5-2-6-15(16)20/h1-6,11H,7-10H2. The Morgan fingerprint density at radius 2 is 1.46 bits per heavy atom. The Labute approximate surface area is 148 Å². The fourth-order valence-corrected chi connectivity index (χ4v) is 4.22. The Hall–Kier alpha value is -2.39. The van der Waals surface area contributed by atoms with Crippen LogP contribution in [0.3, 0.4) is 0 Å². The van der Waals surface area contributed by atoms with E-state index in [0.717, 1.165) is 34.6 Å². The number of benzene rings is 2. The fourth-order valence-electron chi connectivity index (χ4n) is 2.77. The van der Waals surface area contributed by atoms with Crippen LogP contribution in [0.4, 0.5) is 13.2 Å². The van der Waals surface area contributed by atoms with E-state index in [1.54, 1.807) is 0 Å². The van der Waals surface area contributed by atoms with E-state index in [-0.39, 0.29) is 31.1 Å². The molecule has 0 bridgehead atoms. The Bertz CT molecular complexity index is 922. The first kappa shape index (κ1) is 18.4. The molecule has 0 radical (unpaired) electrons. The molecule has 1 aliphatic heterocycles. The van der Waals surface area contributed by atoms with Gasteiger partial charge >= 0.3 is 0 Å². The summed E-state index contributed by atoms with van der Waals surface area (Å²) in [6, 6.07) is 7.76. The zero-order valence-electron chi connectivity index (χ0n) is 13.5. The van der Waals surface area contributed by atoms with Crippen LogP contribution in [0.5, 0.6) is 0 Å². The van der Waals surface area contributed by atoms with Crippen LogP contribution in [-0.4, -0.2) is 49.7 Å². The highest BCUT2D eigenvalue weighted by Crippen LogP contribution is 2.20. The molecule has 0 aliphatic carbocycles. The molecule has 2 aromatic rings. The highest BCUT2D eigenvalue weighted by Gasteiger charge is 2.32. The van der Waals surface area contributed by atoms with Gasteiger partial charge in [0.1, 0.15) is 23.0 Å². The molecule has 0 N–H and O–H groups in total. The molecule has 0 spiro atoms. The fraction of sp³-hybridized carbons (Fsp3) is 0.235. The van der Waals surface area contributed by atoms with E-state index in [9.17, 15) is 26.4 Å². The van der Waals surface area contributed by atoms with E-state index >= 15 is 0 Å². The molecule has 138 valence electrons. The predicted octanol–water partition coefficient (Wildman–Crippen LogP) is 2.25. The maximum atomic E-state index is 13.8. The highest BCUT2D eigenvalue weighted by atomic mass is 32.2. The summed E-state index contributed by atoms with van der Waals surface area (Å²) in [5.74, 6) is -3.44. The maximum absolute atomic E-state index is 13.8. The molecule has 1 saturated heterocycles. The second-order valence-corrected chi connectivity index (χ2v) is 7.69. The number of carbonyl (C=O) groups is 1. The van der Waals surface area contributed by atoms with Crippen molar-refractivity contribution in [3.05, 3.63) is 65.5 Å². The van der Waals surface area contributed by atoms with E-state index in [4.69, 9.17) is 0 Å². The van der Waals surface area contributed by atoms with Crippen LogP contribution in [0.25, 0.3) is 0 Å². The van der Waals surface area contributed by atoms with Crippen LogP contribution in [0.2, 0.25) is 0 Å². The molecule has 2 aromatic carbocycles. The van der Waals surface area contributed by atoms with Crippen LogP contribution >= 0.6 is 0 Å². The number of carbonyl (C=O) groups excluding carboxylic acids is 1. The molecular formula is C17H15F3N2O3S. The molecule has 1 aliphatic rings. The topological polar surface area (TPSA) is 57.7 Å². The number of amides is 1. The molecule has 0 aromatic heterocycles. The van der Waals surface area contributed by atoms with Gasteiger partial charge in [0.2, 0.25) is 10.0 Å². The first-order valence-electron chi connectivity index (χ1n) is 7.80. The SMILES string of the molecule is O=C(c1c(F)cccc1F)N1CCN(S(=O)(=O)c2cccc(F)c2)CC1. The summed E-state index contributed by atoms with van der Waals surface area (Å²) in [7, 11) is -3.91. The van der Waals surface area contributed by atoms with Crippen molar-refractivity contribution >= 4 is 15.9 Å². The van der Waals surface area contributed by atoms with Gasteiger partial charge in [0.25, 0.3) is 5.91 Å². The van der Waals surface area contributed by atoms with Crippen molar-refractivity contribution < 1.29 is 26.4 Å². The lowest BCUT2D eigenvalue weighted by Crippen LogP contribution is -2.50. The van der Waals surface area contributed by atoms with Crippen LogP contribution in [0, 0.1) is 17.5 Å². The molecule has 5 nitrogen and oxygen atoms in total. The van der Waals surface area contributed by atoms with Crippen LogP contribution in [-0.2, 0) is 10.0 Å². The van der Waals surface area contributed by atoms with Gasteiger partial charge in [-0.3, -0.25) is 4.79 Å². The summed E-state index contributed by atoms with van der Waals surface area (Å²) < 4.78 is 67.0. The van der Waals surface area contributed by atoms with Crippen LogP contribution < -0.4 is 0 Å². The van der Waals surface area contributed by atoms with E-state index in [1.807, 2.05) is 0 Å². The molecule has 1 fully saturated rings. The van der Waals surface area contributed by atoms with Gasteiger partial charge in [0.05, 0.1) is 4.90 Å². The number of sulfonamides is 1. The average molecular weight is 384 g/mol. The Kier molecular flexibility index (Phi) is 5.01. The first-order valence-corrected chi connectivity index (χ1v) is 9.24. The molecule has 9 heteroatoms. The summed E-state index contributed by atoms with van der Waals surface area (Å²) in [6.07, 6.45) is 0. The predicted molar refractivity (Wildman–Crippen MR) is 87.4 cm³/mol. The normalized spacial score (nSPS) is 15.9. The largest absolute Gasteiger partial charge is 0.336 e. The van der Waals surface area contributed by atoms with Gasteiger partial charge in [-0.1, -0.05) is 12.1 Å². The number of hydrogen-bond donors (Lipinski definition) is 0. The lowest BCUT2D eigenvalue weighted by atomic mass is 10.1. The van der Waals surface area contributed by atoms with E-state index in [2.05, 4.69) is 0 Å². The molecule has 1 amide bonds. The van der Waals surface area contributed by atoms with E-state index < -0.39 is 38.9 Å². The third-order valence-corrected chi connectivity index (χ3v) is 6.03. The molecule has 26 heavy (non-hydrogen) atoms. The van der Waals surface area contributed by atoms with Gasteiger partial charge in [-0.25, -0.2) is 21.6 Å². The van der Waals surface area contributed by atoms with Crippen molar-refractivity contribution in [3.63, 3.8) is 0 Å². The molecule has 1 heterocycles. The first-order chi connectivity index (χ1) is 12.3. The van der Waals surface area contributed by atoms with Gasteiger partial charge in [0, 0.05) is 26.2 Å². The third kappa shape index (κ3) is 3.45. The lowest BCUT2D eigenvalue weighted by Gasteiger charge is -2.34. The van der Waals surface area contributed by atoms with Gasteiger partial charge in [-0.15, -0.1) is 0 Å². The molecule has 0 unspecified atom stereocenters. The zero-order chi connectivity index (χ0) is 18.9. The summed E-state index contributed by atoms with van der Waals surface area (Å²) in [5.41, 5.74) is -0.658. The number of rotatable bonds is 3. The van der Waals surface area contributed by atoms with Gasteiger partial charge < -0.3 is 4.90 Å². The Morgan fingerprint density at radius 1 is 0.885 bits per heavy atom. The second-order valence-electron chi connectivity index (χ2n) is 5.75. The van der Waals surface area contributed by atoms with E-state index in [1.165, 1.54) is 17.0 Å². The van der Waals surface area contributed by atoms with Crippen LogP contribution in [0.15, 0.2) is 47.4 Å².